The number of nitrogens with one attached hydrogen (secondary N) is 1. The van der Waals surface area contributed by atoms with E-state index in [1.165, 1.54) is 199 Å². The van der Waals surface area contributed by atoms with Crippen LogP contribution in [0.25, 0.3) is 0 Å². The second kappa shape index (κ2) is 45.5. The SMILES string of the molecule is CCCCCCCCCCC/C=C\C/C=C\CCCCCCCCCC(O)CC(=O)NC(CO)C(O)CCCCCCCCCCCCCCCCCCC. The molecule has 0 aliphatic rings. The number of rotatable bonds is 45. The van der Waals surface area contributed by atoms with Crippen LogP contribution in [0.15, 0.2) is 24.3 Å². The summed E-state index contributed by atoms with van der Waals surface area (Å²) in [5, 5.41) is 33.5. The minimum atomic E-state index is -0.750. The molecule has 0 saturated heterocycles. The molecule has 0 heterocycles. The molecule has 0 aromatic carbocycles. The van der Waals surface area contributed by atoms with Gasteiger partial charge >= 0.3 is 0 Å². The molecule has 55 heavy (non-hydrogen) atoms. The summed E-state index contributed by atoms with van der Waals surface area (Å²) in [4.78, 5) is 12.5. The van der Waals surface area contributed by atoms with Crippen LogP contribution in [-0.2, 0) is 4.79 Å². The van der Waals surface area contributed by atoms with Gasteiger partial charge in [0.1, 0.15) is 0 Å². The molecule has 326 valence electrons. The Hall–Kier alpha value is -1.17. The number of carbonyl (C=O) groups is 1. The third-order valence-electron chi connectivity index (χ3n) is 11.5. The second-order valence-corrected chi connectivity index (χ2v) is 17.1. The lowest BCUT2D eigenvalue weighted by molar-refractivity contribution is -0.125. The Morgan fingerprint density at radius 3 is 1.15 bits per heavy atom. The smallest absolute Gasteiger partial charge is 0.222 e. The predicted octanol–water partition coefficient (Wildman–Crippen LogP) is 14.6. The van der Waals surface area contributed by atoms with E-state index in [0.717, 1.165) is 32.1 Å². The van der Waals surface area contributed by atoms with E-state index in [0.29, 0.717) is 12.8 Å². The fourth-order valence-electron chi connectivity index (χ4n) is 7.73. The molecule has 4 N–H and O–H groups in total. The van der Waals surface area contributed by atoms with Crippen molar-refractivity contribution in [1.82, 2.24) is 5.32 Å². The van der Waals surface area contributed by atoms with E-state index >= 15 is 0 Å². The molecule has 0 spiro atoms. The number of unbranched alkanes of at least 4 members (excludes halogenated alkanes) is 32. The Labute approximate surface area is 343 Å². The minimum Gasteiger partial charge on any atom is -0.394 e. The van der Waals surface area contributed by atoms with Gasteiger partial charge in [0.25, 0.3) is 0 Å². The molecule has 3 atom stereocenters. The molecule has 0 radical (unpaired) electrons. The molecule has 0 saturated carbocycles. The van der Waals surface area contributed by atoms with E-state index in [9.17, 15) is 20.1 Å². The molecular formula is C50H97NO4. The maximum Gasteiger partial charge on any atom is 0.222 e. The first-order valence-corrected chi connectivity index (χ1v) is 24.6. The van der Waals surface area contributed by atoms with Crippen LogP contribution in [0.1, 0.15) is 264 Å². The maximum atomic E-state index is 12.5. The van der Waals surface area contributed by atoms with Gasteiger partial charge < -0.3 is 20.6 Å². The van der Waals surface area contributed by atoms with Gasteiger partial charge in [-0.1, -0.05) is 237 Å². The molecule has 0 fully saturated rings. The summed E-state index contributed by atoms with van der Waals surface area (Å²) in [7, 11) is 0. The molecule has 0 aliphatic heterocycles. The van der Waals surface area contributed by atoms with Crippen molar-refractivity contribution in [3.8, 4) is 0 Å². The Bertz CT molecular complexity index is 814. The number of aliphatic hydroxyl groups is 3. The van der Waals surface area contributed by atoms with Gasteiger partial charge in [0.05, 0.1) is 31.3 Å². The van der Waals surface area contributed by atoms with Gasteiger partial charge in [-0.25, -0.2) is 0 Å². The van der Waals surface area contributed by atoms with Gasteiger partial charge in [-0.3, -0.25) is 4.79 Å². The molecule has 5 heteroatoms. The highest BCUT2D eigenvalue weighted by Crippen LogP contribution is 2.17. The van der Waals surface area contributed by atoms with Crippen molar-refractivity contribution in [1.29, 1.82) is 0 Å². The zero-order valence-electron chi connectivity index (χ0n) is 37.1. The zero-order chi connectivity index (χ0) is 40.1. The summed E-state index contributed by atoms with van der Waals surface area (Å²) in [6.45, 7) is 4.28. The van der Waals surface area contributed by atoms with Gasteiger partial charge in [-0.2, -0.15) is 0 Å². The number of carbonyl (C=O) groups excluding carboxylic acids is 1. The van der Waals surface area contributed by atoms with Crippen molar-refractivity contribution in [3.05, 3.63) is 24.3 Å². The molecule has 0 rings (SSSR count). The van der Waals surface area contributed by atoms with E-state index in [-0.39, 0.29) is 18.9 Å². The van der Waals surface area contributed by atoms with Crippen LogP contribution in [0, 0.1) is 0 Å². The number of amides is 1. The Balaban J connectivity index is 3.60. The zero-order valence-corrected chi connectivity index (χ0v) is 37.1. The van der Waals surface area contributed by atoms with Crippen molar-refractivity contribution < 1.29 is 20.1 Å². The molecular weight excluding hydrogens is 679 g/mol. The normalized spacial score (nSPS) is 13.6. The standard InChI is InChI=1S/C50H97NO4/c1-3-5-7-9-11-13-15-17-19-21-22-23-24-25-26-28-29-31-33-35-37-39-41-43-47(53)45-50(55)51-48(46-52)49(54)44-42-40-38-36-34-32-30-27-20-18-16-14-12-10-8-6-4-2/h22-23,25-26,47-49,52-54H,3-21,24,27-46H2,1-2H3,(H,51,55)/b23-22-,26-25-. The number of hydrogen-bond donors (Lipinski definition) is 4. The Morgan fingerprint density at radius 1 is 0.455 bits per heavy atom. The highest BCUT2D eigenvalue weighted by Gasteiger charge is 2.21. The van der Waals surface area contributed by atoms with Gasteiger partial charge in [0, 0.05) is 0 Å². The minimum absolute atomic E-state index is 0.0327. The van der Waals surface area contributed by atoms with Crippen LogP contribution in [0.4, 0.5) is 0 Å². The molecule has 0 aromatic heterocycles. The average molecular weight is 776 g/mol. The van der Waals surface area contributed by atoms with E-state index in [1.54, 1.807) is 0 Å². The van der Waals surface area contributed by atoms with Crippen LogP contribution in [0.2, 0.25) is 0 Å². The van der Waals surface area contributed by atoms with Crippen molar-refractivity contribution in [2.45, 2.75) is 283 Å². The maximum absolute atomic E-state index is 12.5. The topological polar surface area (TPSA) is 89.8 Å². The van der Waals surface area contributed by atoms with Crippen molar-refractivity contribution >= 4 is 5.91 Å². The van der Waals surface area contributed by atoms with Crippen molar-refractivity contribution in [2.75, 3.05) is 6.61 Å². The highest BCUT2D eigenvalue weighted by atomic mass is 16.3. The monoisotopic (exact) mass is 776 g/mol. The largest absolute Gasteiger partial charge is 0.394 e. The summed E-state index contributed by atoms with van der Waals surface area (Å²) in [6, 6.07) is -0.660. The van der Waals surface area contributed by atoms with Crippen LogP contribution < -0.4 is 5.32 Å². The van der Waals surface area contributed by atoms with Crippen LogP contribution in [0.5, 0.6) is 0 Å². The highest BCUT2D eigenvalue weighted by molar-refractivity contribution is 5.76. The van der Waals surface area contributed by atoms with Crippen LogP contribution >= 0.6 is 0 Å². The molecule has 0 aromatic rings. The first-order valence-electron chi connectivity index (χ1n) is 24.6. The van der Waals surface area contributed by atoms with Crippen molar-refractivity contribution in [3.63, 3.8) is 0 Å². The Kier molecular flexibility index (Phi) is 44.6. The van der Waals surface area contributed by atoms with Crippen molar-refractivity contribution in [2.24, 2.45) is 0 Å². The van der Waals surface area contributed by atoms with Gasteiger partial charge in [-0.05, 0) is 44.9 Å². The molecule has 0 aliphatic carbocycles. The van der Waals surface area contributed by atoms with Crippen LogP contribution in [-0.4, -0.2) is 46.1 Å². The van der Waals surface area contributed by atoms with Gasteiger partial charge in [0.2, 0.25) is 5.91 Å². The summed E-state index contributed by atoms with van der Waals surface area (Å²) in [5.74, 6) is -0.285. The van der Waals surface area contributed by atoms with Crippen LogP contribution in [0.3, 0.4) is 0 Å². The van der Waals surface area contributed by atoms with Gasteiger partial charge in [0.15, 0.2) is 0 Å². The van der Waals surface area contributed by atoms with E-state index < -0.39 is 18.2 Å². The summed E-state index contributed by atoms with van der Waals surface area (Å²) in [5.41, 5.74) is 0. The summed E-state index contributed by atoms with van der Waals surface area (Å²) < 4.78 is 0. The van der Waals surface area contributed by atoms with Gasteiger partial charge in [-0.15, -0.1) is 0 Å². The summed E-state index contributed by atoms with van der Waals surface area (Å²) in [6.07, 6.45) is 55.8. The number of allylic oxidation sites excluding steroid dienone is 4. The lowest BCUT2D eigenvalue weighted by Crippen LogP contribution is -2.46. The third-order valence-corrected chi connectivity index (χ3v) is 11.5. The molecule has 1 amide bonds. The van der Waals surface area contributed by atoms with E-state index in [2.05, 4.69) is 43.5 Å². The molecule has 0 bridgehead atoms. The summed E-state index contributed by atoms with van der Waals surface area (Å²) >= 11 is 0. The van der Waals surface area contributed by atoms with E-state index in [1.807, 2.05) is 0 Å². The number of hydrogen-bond acceptors (Lipinski definition) is 4. The quantitative estimate of drug-likeness (QED) is 0.0366. The second-order valence-electron chi connectivity index (χ2n) is 17.1. The fraction of sp³-hybridized carbons (Fsp3) is 0.900. The number of aliphatic hydroxyl groups excluding tert-OH is 3. The Morgan fingerprint density at radius 2 is 0.782 bits per heavy atom. The third kappa shape index (κ3) is 42.3. The first kappa shape index (κ1) is 53.8. The predicted molar refractivity (Wildman–Crippen MR) is 241 cm³/mol. The van der Waals surface area contributed by atoms with E-state index in [4.69, 9.17) is 0 Å². The first-order chi connectivity index (χ1) is 27.0. The molecule has 3 unspecified atom stereocenters. The molecule has 5 nitrogen and oxygen atoms in total. The average Bonchev–Trinajstić information content (AvgIpc) is 3.18. The lowest BCUT2D eigenvalue weighted by atomic mass is 10.0. The lowest BCUT2D eigenvalue weighted by Gasteiger charge is -2.23. The fourth-order valence-corrected chi connectivity index (χ4v) is 7.73.